The Bertz CT molecular complexity index is 626. The Morgan fingerprint density at radius 1 is 1.19 bits per heavy atom. The van der Waals surface area contributed by atoms with Gasteiger partial charge in [0, 0.05) is 0 Å². The first-order valence-corrected chi connectivity index (χ1v) is 7.33. The van der Waals surface area contributed by atoms with E-state index >= 15 is 0 Å². The lowest BCUT2D eigenvalue weighted by Gasteiger charge is -2.13. The zero-order valence-electron chi connectivity index (χ0n) is 11.4. The molecule has 110 valence electrons. The topological polar surface area (TPSA) is 72.5 Å². The van der Waals surface area contributed by atoms with E-state index in [1.165, 1.54) is 0 Å². The fourth-order valence-electron chi connectivity index (χ4n) is 1.97. The van der Waals surface area contributed by atoms with Gasteiger partial charge in [-0.25, -0.2) is 4.79 Å². The van der Waals surface area contributed by atoms with Crippen molar-refractivity contribution in [3.05, 3.63) is 63.6 Å². The van der Waals surface area contributed by atoms with Gasteiger partial charge in [-0.05, 0) is 58.2 Å². The summed E-state index contributed by atoms with van der Waals surface area (Å²) in [6.07, 6.45) is 0.743. The van der Waals surface area contributed by atoms with Gasteiger partial charge in [-0.3, -0.25) is 0 Å². The quantitative estimate of drug-likeness (QED) is 0.839. The van der Waals surface area contributed by atoms with Crippen LogP contribution in [0.4, 0.5) is 0 Å². The lowest BCUT2D eigenvalue weighted by Crippen LogP contribution is -2.06. The molecule has 0 heterocycles. The maximum atomic E-state index is 10.8. The largest absolute Gasteiger partial charge is 0.487 e. The van der Waals surface area contributed by atoms with Crippen molar-refractivity contribution >= 4 is 21.9 Å². The zero-order chi connectivity index (χ0) is 15.2. The third-order valence-corrected chi connectivity index (χ3v) is 3.67. The molecule has 0 saturated carbocycles. The van der Waals surface area contributed by atoms with Crippen LogP contribution in [0.1, 0.15) is 21.5 Å². The summed E-state index contributed by atoms with van der Waals surface area (Å²) in [4.78, 5) is 10.8. The Morgan fingerprint density at radius 3 is 2.52 bits per heavy atom. The lowest BCUT2D eigenvalue weighted by atomic mass is 10.1. The van der Waals surface area contributed by atoms with Crippen LogP contribution in [0.25, 0.3) is 0 Å². The van der Waals surface area contributed by atoms with E-state index in [4.69, 9.17) is 15.6 Å². The summed E-state index contributed by atoms with van der Waals surface area (Å²) >= 11 is 3.48. The molecular formula is C16H16BrNO3. The zero-order valence-corrected chi connectivity index (χ0v) is 13.0. The number of para-hydroxylation sites is 1. The van der Waals surface area contributed by atoms with Crippen molar-refractivity contribution in [2.75, 3.05) is 6.54 Å². The molecule has 0 radical (unpaired) electrons. The van der Waals surface area contributed by atoms with Crippen molar-refractivity contribution in [1.29, 1.82) is 0 Å². The van der Waals surface area contributed by atoms with Crippen molar-refractivity contribution in [1.82, 2.24) is 0 Å². The van der Waals surface area contributed by atoms with Crippen LogP contribution in [0.3, 0.4) is 0 Å². The van der Waals surface area contributed by atoms with Gasteiger partial charge in [0.25, 0.3) is 0 Å². The molecule has 2 rings (SSSR count). The Morgan fingerprint density at radius 2 is 1.90 bits per heavy atom. The molecule has 0 aliphatic rings. The first kappa shape index (κ1) is 15.5. The second kappa shape index (κ2) is 7.24. The average molecular weight is 350 g/mol. The van der Waals surface area contributed by atoms with E-state index in [1.807, 2.05) is 18.2 Å². The van der Waals surface area contributed by atoms with Gasteiger partial charge in [0.1, 0.15) is 12.4 Å². The second-order valence-electron chi connectivity index (χ2n) is 4.56. The molecule has 21 heavy (non-hydrogen) atoms. The normalized spacial score (nSPS) is 10.4. The Balaban J connectivity index is 2.10. The van der Waals surface area contributed by atoms with E-state index in [0.717, 1.165) is 27.8 Å². The fraction of sp³-hybridized carbons (Fsp3) is 0.188. The minimum absolute atomic E-state index is 0.267. The van der Waals surface area contributed by atoms with Crippen molar-refractivity contribution < 1.29 is 14.6 Å². The van der Waals surface area contributed by atoms with Gasteiger partial charge in [-0.1, -0.05) is 24.3 Å². The molecule has 4 nitrogen and oxygen atoms in total. The number of hydrogen-bond acceptors (Lipinski definition) is 3. The lowest BCUT2D eigenvalue weighted by molar-refractivity contribution is 0.0697. The third kappa shape index (κ3) is 4.06. The van der Waals surface area contributed by atoms with E-state index in [-0.39, 0.29) is 5.56 Å². The molecule has 3 N–H and O–H groups in total. The summed E-state index contributed by atoms with van der Waals surface area (Å²) in [5.74, 6) is -0.149. The summed E-state index contributed by atoms with van der Waals surface area (Å²) in [5, 5.41) is 8.87. The van der Waals surface area contributed by atoms with Crippen molar-refractivity contribution in [2.45, 2.75) is 13.0 Å². The molecule has 0 spiro atoms. The predicted octanol–water partition coefficient (Wildman–Crippen LogP) is 3.23. The van der Waals surface area contributed by atoms with Gasteiger partial charge in [0.2, 0.25) is 0 Å². The highest BCUT2D eigenvalue weighted by molar-refractivity contribution is 9.10. The number of ether oxygens (including phenoxy) is 1. The van der Waals surface area contributed by atoms with Gasteiger partial charge in [-0.15, -0.1) is 0 Å². The molecular weight excluding hydrogens is 334 g/mol. The maximum absolute atomic E-state index is 10.8. The third-order valence-electron chi connectivity index (χ3n) is 3.05. The first-order valence-electron chi connectivity index (χ1n) is 6.54. The van der Waals surface area contributed by atoms with Crippen LogP contribution in [0.2, 0.25) is 0 Å². The van der Waals surface area contributed by atoms with Crippen LogP contribution >= 0.6 is 15.9 Å². The van der Waals surface area contributed by atoms with E-state index in [1.54, 1.807) is 24.3 Å². The van der Waals surface area contributed by atoms with Crippen LogP contribution in [0, 0.1) is 0 Å². The number of carboxylic acids is 1. The highest BCUT2D eigenvalue weighted by atomic mass is 79.9. The van der Waals surface area contributed by atoms with Crippen LogP contribution in [0.5, 0.6) is 5.75 Å². The highest BCUT2D eigenvalue weighted by Crippen LogP contribution is 2.30. The van der Waals surface area contributed by atoms with E-state index in [2.05, 4.69) is 15.9 Å². The molecule has 0 atom stereocenters. The molecule has 0 fully saturated rings. The van der Waals surface area contributed by atoms with Crippen LogP contribution in [-0.4, -0.2) is 17.6 Å². The summed E-state index contributed by atoms with van der Waals surface area (Å²) < 4.78 is 6.74. The summed E-state index contributed by atoms with van der Waals surface area (Å²) in [6.45, 7) is 0.931. The maximum Gasteiger partial charge on any atom is 0.335 e. The van der Waals surface area contributed by atoms with E-state index < -0.39 is 5.97 Å². The van der Waals surface area contributed by atoms with Gasteiger partial charge in [-0.2, -0.15) is 0 Å². The molecule has 2 aromatic rings. The molecule has 0 amide bonds. The Kier molecular flexibility index (Phi) is 5.36. The minimum atomic E-state index is -0.932. The van der Waals surface area contributed by atoms with E-state index in [9.17, 15) is 4.79 Å². The monoisotopic (exact) mass is 349 g/mol. The number of carboxylic acid groups (broad SMARTS) is 1. The van der Waals surface area contributed by atoms with Crippen LogP contribution < -0.4 is 10.5 Å². The van der Waals surface area contributed by atoms with Crippen molar-refractivity contribution in [3.63, 3.8) is 0 Å². The minimum Gasteiger partial charge on any atom is -0.487 e. The first-order chi connectivity index (χ1) is 10.1. The van der Waals surface area contributed by atoms with Crippen LogP contribution in [0.15, 0.2) is 46.9 Å². The van der Waals surface area contributed by atoms with Crippen LogP contribution in [-0.2, 0) is 13.0 Å². The molecule has 5 heteroatoms. The number of aromatic carboxylic acids is 1. The smallest absolute Gasteiger partial charge is 0.335 e. The highest BCUT2D eigenvalue weighted by Gasteiger charge is 2.08. The number of halogens is 1. The number of nitrogens with two attached hydrogens (primary N) is 1. The summed E-state index contributed by atoms with van der Waals surface area (Å²) in [6, 6.07) is 12.5. The standard InChI is InChI=1S/C16H16BrNO3/c17-14-3-1-2-12(8-9-18)15(14)21-10-11-4-6-13(7-5-11)16(19)20/h1-7H,8-10,18H2,(H,19,20). The van der Waals surface area contributed by atoms with Crippen molar-refractivity contribution in [3.8, 4) is 5.75 Å². The molecule has 0 aliphatic heterocycles. The molecule has 0 saturated heterocycles. The number of rotatable bonds is 6. The van der Waals surface area contributed by atoms with Gasteiger partial charge in [0.05, 0.1) is 10.0 Å². The predicted molar refractivity (Wildman–Crippen MR) is 84.6 cm³/mol. The molecule has 0 aliphatic carbocycles. The molecule has 0 bridgehead atoms. The van der Waals surface area contributed by atoms with Gasteiger partial charge < -0.3 is 15.6 Å². The van der Waals surface area contributed by atoms with E-state index in [0.29, 0.717) is 13.2 Å². The van der Waals surface area contributed by atoms with Gasteiger partial charge >= 0.3 is 5.97 Å². The van der Waals surface area contributed by atoms with Crippen molar-refractivity contribution in [2.24, 2.45) is 5.73 Å². The summed E-state index contributed by atoms with van der Waals surface area (Å²) in [5.41, 5.74) is 7.83. The SMILES string of the molecule is NCCc1cccc(Br)c1OCc1ccc(C(=O)O)cc1. The molecule has 2 aromatic carbocycles. The number of hydrogen-bond donors (Lipinski definition) is 2. The summed E-state index contributed by atoms with van der Waals surface area (Å²) in [7, 11) is 0. The average Bonchev–Trinajstić information content (AvgIpc) is 2.47. The molecule has 0 unspecified atom stereocenters. The Labute approximate surface area is 131 Å². The second-order valence-corrected chi connectivity index (χ2v) is 5.41. The molecule has 0 aromatic heterocycles. The van der Waals surface area contributed by atoms with Gasteiger partial charge in [0.15, 0.2) is 0 Å². The number of carbonyl (C=O) groups is 1. The fourth-order valence-corrected chi connectivity index (χ4v) is 2.49. The number of benzene rings is 2. The Hall–Kier alpha value is -1.85.